The molecule has 1 aromatic carbocycles. The van der Waals surface area contributed by atoms with Crippen LogP contribution in [0.15, 0.2) is 41.7 Å². The standard InChI is InChI=1S/C21H24N4O4S/c1-5-28-19(26)16-13(4)22-21(30)23-17(16)15-11-25(14-9-7-12(3)8-10-14)24-18(15)20(27)29-6-2/h7-11,17H,5-6H2,1-4H3,(H2,22,23,30)/t17-/m1/s1. The van der Waals surface area contributed by atoms with Crippen LogP contribution in [-0.2, 0) is 14.3 Å². The average molecular weight is 429 g/mol. The van der Waals surface area contributed by atoms with E-state index in [1.54, 1.807) is 31.6 Å². The van der Waals surface area contributed by atoms with Gasteiger partial charge in [-0.25, -0.2) is 14.3 Å². The Hall–Kier alpha value is -3.20. The topological polar surface area (TPSA) is 94.5 Å². The van der Waals surface area contributed by atoms with E-state index >= 15 is 0 Å². The van der Waals surface area contributed by atoms with Crippen molar-refractivity contribution in [2.24, 2.45) is 0 Å². The first kappa shape index (κ1) is 21.5. The van der Waals surface area contributed by atoms with Gasteiger partial charge in [-0.1, -0.05) is 17.7 Å². The number of benzene rings is 1. The summed E-state index contributed by atoms with van der Waals surface area (Å²) in [4.78, 5) is 25.3. The number of aryl methyl sites for hydroxylation is 1. The molecule has 0 radical (unpaired) electrons. The van der Waals surface area contributed by atoms with Gasteiger partial charge in [0.25, 0.3) is 0 Å². The van der Waals surface area contributed by atoms with E-state index in [-0.39, 0.29) is 18.9 Å². The SMILES string of the molecule is CCOC(=O)C1=C(C)NC(=S)N[C@@H]1c1cn(-c2ccc(C)cc2)nc1C(=O)OCC. The van der Waals surface area contributed by atoms with Crippen LogP contribution in [-0.4, -0.2) is 40.0 Å². The highest BCUT2D eigenvalue weighted by Crippen LogP contribution is 2.31. The first-order valence-corrected chi connectivity index (χ1v) is 10.1. The van der Waals surface area contributed by atoms with Crippen LogP contribution in [0.1, 0.15) is 48.4 Å². The number of nitrogens with one attached hydrogen (secondary N) is 2. The van der Waals surface area contributed by atoms with Gasteiger partial charge < -0.3 is 20.1 Å². The second-order valence-electron chi connectivity index (χ2n) is 6.72. The minimum Gasteiger partial charge on any atom is -0.463 e. The largest absolute Gasteiger partial charge is 0.463 e. The molecule has 1 atom stereocenters. The molecular weight excluding hydrogens is 404 g/mol. The van der Waals surface area contributed by atoms with Gasteiger partial charge >= 0.3 is 11.9 Å². The van der Waals surface area contributed by atoms with Crippen LogP contribution in [0.3, 0.4) is 0 Å². The highest BCUT2D eigenvalue weighted by molar-refractivity contribution is 7.80. The van der Waals surface area contributed by atoms with Crippen molar-refractivity contribution in [3.63, 3.8) is 0 Å². The van der Waals surface area contributed by atoms with Crippen LogP contribution in [0.4, 0.5) is 0 Å². The lowest BCUT2D eigenvalue weighted by Crippen LogP contribution is -2.45. The number of rotatable bonds is 6. The summed E-state index contributed by atoms with van der Waals surface area (Å²) in [5.74, 6) is -1.08. The molecule has 0 spiro atoms. The van der Waals surface area contributed by atoms with E-state index in [4.69, 9.17) is 21.7 Å². The smallest absolute Gasteiger partial charge is 0.359 e. The van der Waals surface area contributed by atoms with Crippen LogP contribution < -0.4 is 10.6 Å². The lowest BCUT2D eigenvalue weighted by molar-refractivity contribution is -0.139. The molecule has 8 nitrogen and oxygen atoms in total. The Morgan fingerprint density at radius 1 is 1.10 bits per heavy atom. The van der Waals surface area contributed by atoms with Gasteiger partial charge in [0.15, 0.2) is 10.8 Å². The molecule has 0 amide bonds. The van der Waals surface area contributed by atoms with Crippen LogP contribution in [0.2, 0.25) is 0 Å². The third kappa shape index (κ3) is 4.35. The fourth-order valence-electron chi connectivity index (χ4n) is 3.19. The Kier molecular flexibility index (Phi) is 6.51. The van der Waals surface area contributed by atoms with E-state index in [1.807, 2.05) is 31.2 Å². The van der Waals surface area contributed by atoms with Crippen molar-refractivity contribution in [1.29, 1.82) is 0 Å². The number of allylic oxidation sites excluding steroid dienone is 1. The third-order valence-electron chi connectivity index (χ3n) is 4.59. The summed E-state index contributed by atoms with van der Waals surface area (Å²) in [6, 6.07) is 6.99. The molecule has 1 aliphatic rings. The summed E-state index contributed by atoms with van der Waals surface area (Å²) in [5, 5.41) is 10.8. The Balaban J connectivity index is 2.14. The number of ether oxygens (including phenoxy) is 2. The van der Waals surface area contributed by atoms with Crippen molar-refractivity contribution in [2.75, 3.05) is 13.2 Å². The molecule has 2 heterocycles. The summed E-state index contributed by atoms with van der Waals surface area (Å²) in [7, 11) is 0. The number of carbonyl (C=O) groups excluding carboxylic acids is 2. The molecule has 9 heteroatoms. The predicted molar refractivity (Wildman–Crippen MR) is 115 cm³/mol. The molecule has 0 saturated heterocycles. The van der Waals surface area contributed by atoms with Gasteiger partial charge in [0.1, 0.15) is 0 Å². The van der Waals surface area contributed by atoms with E-state index in [9.17, 15) is 9.59 Å². The van der Waals surface area contributed by atoms with E-state index in [1.165, 1.54) is 0 Å². The highest BCUT2D eigenvalue weighted by Gasteiger charge is 2.35. The van der Waals surface area contributed by atoms with Crippen LogP contribution in [0.25, 0.3) is 5.69 Å². The van der Waals surface area contributed by atoms with Crippen molar-refractivity contribution in [3.8, 4) is 5.69 Å². The Morgan fingerprint density at radius 3 is 2.37 bits per heavy atom. The molecule has 0 aliphatic carbocycles. The number of carbonyl (C=O) groups is 2. The maximum absolute atomic E-state index is 12.7. The number of esters is 2. The van der Waals surface area contributed by atoms with Crippen LogP contribution in [0, 0.1) is 6.92 Å². The number of nitrogens with zero attached hydrogens (tertiary/aromatic N) is 2. The van der Waals surface area contributed by atoms with Gasteiger partial charge in [0, 0.05) is 17.5 Å². The van der Waals surface area contributed by atoms with Crippen molar-refractivity contribution >= 4 is 29.3 Å². The summed E-state index contributed by atoms with van der Waals surface area (Å²) in [5.41, 5.74) is 3.34. The van der Waals surface area contributed by atoms with Crippen LogP contribution >= 0.6 is 12.2 Å². The molecule has 158 valence electrons. The summed E-state index contributed by atoms with van der Waals surface area (Å²) < 4.78 is 12.0. The summed E-state index contributed by atoms with van der Waals surface area (Å²) in [6.07, 6.45) is 1.70. The Morgan fingerprint density at radius 2 is 1.73 bits per heavy atom. The summed E-state index contributed by atoms with van der Waals surface area (Å²) in [6.45, 7) is 7.60. The normalized spacial score (nSPS) is 16.0. The van der Waals surface area contributed by atoms with E-state index < -0.39 is 18.0 Å². The number of hydrogen-bond acceptors (Lipinski definition) is 6. The Labute approximate surface area is 180 Å². The molecular formula is C21H24N4O4S. The average Bonchev–Trinajstić information content (AvgIpc) is 3.13. The van der Waals surface area contributed by atoms with Crippen molar-refractivity contribution in [2.45, 2.75) is 33.7 Å². The predicted octanol–water partition coefficient (Wildman–Crippen LogP) is 2.71. The fourth-order valence-corrected chi connectivity index (χ4v) is 3.46. The summed E-state index contributed by atoms with van der Waals surface area (Å²) >= 11 is 5.29. The second kappa shape index (κ2) is 9.08. The fraction of sp³-hybridized carbons (Fsp3) is 0.333. The van der Waals surface area contributed by atoms with E-state index in [0.717, 1.165) is 11.3 Å². The van der Waals surface area contributed by atoms with Crippen molar-refractivity contribution in [3.05, 3.63) is 58.6 Å². The van der Waals surface area contributed by atoms with Crippen LogP contribution in [0.5, 0.6) is 0 Å². The molecule has 0 fully saturated rings. The zero-order valence-corrected chi connectivity index (χ0v) is 18.1. The monoisotopic (exact) mass is 428 g/mol. The molecule has 1 aliphatic heterocycles. The lowest BCUT2D eigenvalue weighted by Gasteiger charge is -2.29. The molecule has 0 saturated carbocycles. The van der Waals surface area contributed by atoms with Crippen molar-refractivity contribution < 1.29 is 19.1 Å². The first-order valence-electron chi connectivity index (χ1n) is 9.64. The zero-order chi connectivity index (χ0) is 21.8. The first-order chi connectivity index (χ1) is 14.3. The maximum Gasteiger partial charge on any atom is 0.359 e. The van der Waals surface area contributed by atoms with E-state index in [0.29, 0.717) is 21.9 Å². The van der Waals surface area contributed by atoms with Gasteiger partial charge in [-0.2, -0.15) is 5.10 Å². The quantitative estimate of drug-likeness (QED) is 0.536. The van der Waals surface area contributed by atoms with Gasteiger partial charge in [0.2, 0.25) is 0 Å². The third-order valence-corrected chi connectivity index (χ3v) is 4.81. The highest BCUT2D eigenvalue weighted by atomic mass is 32.1. The Bertz CT molecular complexity index is 1010. The number of hydrogen-bond donors (Lipinski definition) is 2. The molecule has 1 aromatic heterocycles. The van der Waals surface area contributed by atoms with Crippen molar-refractivity contribution in [1.82, 2.24) is 20.4 Å². The second-order valence-corrected chi connectivity index (χ2v) is 7.13. The lowest BCUT2D eigenvalue weighted by atomic mass is 9.96. The van der Waals surface area contributed by atoms with Gasteiger partial charge in [0.05, 0.1) is 30.5 Å². The molecule has 0 unspecified atom stereocenters. The van der Waals surface area contributed by atoms with E-state index in [2.05, 4.69) is 15.7 Å². The minimum atomic E-state index is -0.712. The molecule has 2 aromatic rings. The number of aromatic nitrogens is 2. The van der Waals surface area contributed by atoms with Gasteiger partial charge in [-0.15, -0.1) is 0 Å². The van der Waals surface area contributed by atoms with Gasteiger partial charge in [-0.3, -0.25) is 0 Å². The molecule has 30 heavy (non-hydrogen) atoms. The number of thiocarbonyl (C=S) groups is 1. The maximum atomic E-state index is 12.7. The molecule has 0 bridgehead atoms. The molecule has 2 N–H and O–H groups in total. The zero-order valence-electron chi connectivity index (χ0n) is 17.3. The molecule has 3 rings (SSSR count). The van der Waals surface area contributed by atoms with Gasteiger partial charge in [-0.05, 0) is 52.0 Å². The minimum absolute atomic E-state index is 0.106.